The highest BCUT2D eigenvalue weighted by Crippen LogP contribution is 2.29. The van der Waals surface area contributed by atoms with E-state index >= 15 is 0 Å². The second-order valence-corrected chi connectivity index (χ2v) is 8.41. The highest BCUT2D eigenvalue weighted by atomic mass is 79.9. The lowest BCUT2D eigenvalue weighted by molar-refractivity contribution is -0.139. The number of nitrogens with one attached hydrogen (secondary N) is 1. The van der Waals surface area contributed by atoms with Gasteiger partial charge in [0.1, 0.15) is 12.1 Å². The van der Waals surface area contributed by atoms with Crippen LogP contribution in [0, 0.1) is 5.92 Å². The van der Waals surface area contributed by atoms with Crippen LogP contribution >= 0.6 is 16.1 Å². The molecule has 3 amide bonds. The largest absolute Gasteiger partial charge is 0.453 e. The molecule has 0 aromatic heterocycles. The van der Waals surface area contributed by atoms with Gasteiger partial charge in [-0.25, -0.2) is 8.72 Å². The quantitative estimate of drug-likeness (QED) is 0.665. The lowest BCUT2D eigenvalue weighted by Gasteiger charge is -2.31. The monoisotopic (exact) mass is 475 g/mol. The number of likely N-dealkylation sites (tertiary alicyclic amines) is 1. The van der Waals surface area contributed by atoms with Gasteiger partial charge in [-0.2, -0.15) is 0 Å². The van der Waals surface area contributed by atoms with Crippen LogP contribution in [-0.2, 0) is 14.3 Å². The lowest BCUT2D eigenvalue weighted by atomic mass is 10.0. The summed E-state index contributed by atoms with van der Waals surface area (Å²) in [6.45, 7) is 4.16. The summed E-state index contributed by atoms with van der Waals surface area (Å²) < 4.78 is 6.07. The minimum Gasteiger partial charge on any atom is -0.453 e. The number of rotatable bonds is 5. The van der Waals surface area contributed by atoms with Crippen LogP contribution in [0.15, 0.2) is 42.5 Å². The van der Waals surface area contributed by atoms with Crippen LogP contribution in [0.2, 0.25) is 0 Å². The van der Waals surface area contributed by atoms with Crippen molar-refractivity contribution in [3.05, 3.63) is 42.5 Å². The molecule has 3 rings (SSSR count). The van der Waals surface area contributed by atoms with Crippen molar-refractivity contribution in [3.8, 4) is 0 Å². The average Bonchev–Trinajstić information content (AvgIpc) is 3.25. The molecule has 160 valence electrons. The molecule has 0 aliphatic carbocycles. The number of carbonyl (C=O) groups is 3. The first-order valence-electron chi connectivity index (χ1n) is 9.97. The van der Waals surface area contributed by atoms with E-state index in [-0.39, 0.29) is 17.7 Å². The maximum atomic E-state index is 13.2. The van der Waals surface area contributed by atoms with Gasteiger partial charge in [-0.1, -0.05) is 44.2 Å². The first-order chi connectivity index (χ1) is 14.3. The van der Waals surface area contributed by atoms with E-state index in [0.29, 0.717) is 18.7 Å². The van der Waals surface area contributed by atoms with Crippen molar-refractivity contribution in [1.29, 1.82) is 0 Å². The van der Waals surface area contributed by atoms with Crippen molar-refractivity contribution < 1.29 is 19.1 Å². The highest BCUT2D eigenvalue weighted by molar-refractivity contribution is 9.10. The minimum absolute atomic E-state index is 0.145. The van der Waals surface area contributed by atoms with Gasteiger partial charge in [0, 0.05) is 6.54 Å². The molecule has 1 saturated heterocycles. The van der Waals surface area contributed by atoms with Gasteiger partial charge in [-0.15, -0.1) is 0 Å². The molecule has 2 unspecified atom stereocenters. The van der Waals surface area contributed by atoms with E-state index in [2.05, 4.69) is 26.2 Å². The third kappa shape index (κ3) is 4.59. The van der Waals surface area contributed by atoms with E-state index in [1.807, 2.05) is 56.3 Å². The Balaban J connectivity index is 1.79. The maximum Gasteiger partial charge on any atom is 0.407 e. The number of hydrogen-bond acceptors (Lipinski definition) is 4. The number of anilines is 1. The minimum atomic E-state index is -0.754. The van der Waals surface area contributed by atoms with Crippen LogP contribution in [-0.4, -0.2) is 48.5 Å². The third-order valence-electron chi connectivity index (χ3n) is 5.37. The van der Waals surface area contributed by atoms with Gasteiger partial charge in [0.2, 0.25) is 5.91 Å². The number of hydrogen-bond donors (Lipinski definition) is 1. The van der Waals surface area contributed by atoms with Gasteiger partial charge >= 0.3 is 6.09 Å². The Kier molecular flexibility index (Phi) is 6.97. The maximum absolute atomic E-state index is 13.2. The Labute approximate surface area is 184 Å². The highest BCUT2D eigenvalue weighted by Gasteiger charge is 2.40. The second kappa shape index (κ2) is 9.47. The van der Waals surface area contributed by atoms with Crippen molar-refractivity contribution in [2.75, 3.05) is 17.6 Å². The number of nitrogens with zero attached hydrogens (tertiary/aromatic N) is 2. The van der Waals surface area contributed by atoms with E-state index in [1.54, 1.807) is 4.90 Å². The van der Waals surface area contributed by atoms with Crippen molar-refractivity contribution in [1.82, 2.24) is 10.2 Å². The van der Waals surface area contributed by atoms with Crippen molar-refractivity contribution in [2.24, 2.45) is 5.92 Å². The number of methoxy groups -OCH3 is 1. The Hall–Kier alpha value is -2.61. The van der Waals surface area contributed by atoms with Crippen molar-refractivity contribution in [3.63, 3.8) is 0 Å². The fourth-order valence-corrected chi connectivity index (χ4v) is 4.18. The van der Waals surface area contributed by atoms with E-state index < -0.39 is 18.2 Å². The Morgan fingerprint density at radius 3 is 2.53 bits per heavy atom. The van der Waals surface area contributed by atoms with E-state index in [0.717, 1.165) is 17.2 Å². The number of amides is 3. The number of alkyl carbamates (subject to hydrolysis) is 1. The van der Waals surface area contributed by atoms with E-state index in [9.17, 15) is 14.4 Å². The smallest absolute Gasteiger partial charge is 0.407 e. The predicted octanol–water partition coefficient (Wildman–Crippen LogP) is 3.85. The van der Waals surface area contributed by atoms with Crippen LogP contribution in [0.5, 0.6) is 0 Å². The zero-order valence-electron chi connectivity index (χ0n) is 17.3. The number of fused-ring (bicyclic) bond motifs is 1. The summed E-state index contributed by atoms with van der Waals surface area (Å²) in [7, 11) is 1.26. The molecule has 1 aliphatic heterocycles. The van der Waals surface area contributed by atoms with Gasteiger partial charge < -0.3 is 15.0 Å². The third-order valence-corrected chi connectivity index (χ3v) is 6.12. The van der Waals surface area contributed by atoms with Crippen LogP contribution < -0.4 is 9.24 Å². The van der Waals surface area contributed by atoms with Crippen molar-refractivity contribution >= 4 is 50.5 Å². The molecule has 2 aromatic carbocycles. The molecule has 0 bridgehead atoms. The molecule has 0 saturated carbocycles. The lowest BCUT2D eigenvalue weighted by Crippen LogP contribution is -2.55. The number of ether oxygens (including phenoxy) is 1. The molecule has 7 nitrogen and oxygen atoms in total. The fourth-order valence-electron chi connectivity index (χ4n) is 3.72. The second-order valence-electron chi connectivity index (χ2n) is 7.70. The van der Waals surface area contributed by atoms with Crippen LogP contribution in [0.4, 0.5) is 10.5 Å². The summed E-state index contributed by atoms with van der Waals surface area (Å²) in [4.78, 5) is 39.6. The zero-order chi connectivity index (χ0) is 21.8. The molecule has 2 atom stereocenters. The molecule has 0 spiro atoms. The molecule has 1 fully saturated rings. The molecule has 1 heterocycles. The summed E-state index contributed by atoms with van der Waals surface area (Å²) in [5.41, 5.74) is 0.700. The number of carbonyl (C=O) groups excluding carboxylic acids is 3. The van der Waals surface area contributed by atoms with Crippen LogP contribution in [0.25, 0.3) is 10.8 Å². The summed E-state index contributed by atoms with van der Waals surface area (Å²) in [6.07, 6.45) is 0.634. The Morgan fingerprint density at radius 2 is 1.87 bits per heavy atom. The number of halogens is 1. The van der Waals surface area contributed by atoms with Crippen LogP contribution in [0.3, 0.4) is 0 Å². The normalized spacial score (nSPS) is 17.1. The van der Waals surface area contributed by atoms with Gasteiger partial charge in [-0.3, -0.25) is 9.59 Å². The van der Waals surface area contributed by atoms with Gasteiger partial charge in [0.05, 0.1) is 28.9 Å². The van der Waals surface area contributed by atoms with Gasteiger partial charge in [0.25, 0.3) is 5.91 Å². The summed E-state index contributed by atoms with van der Waals surface area (Å²) in [5, 5.41) is 4.70. The van der Waals surface area contributed by atoms with Crippen molar-refractivity contribution in [2.45, 2.75) is 38.8 Å². The zero-order valence-corrected chi connectivity index (χ0v) is 18.9. The average molecular weight is 476 g/mol. The first-order valence-corrected chi connectivity index (χ1v) is 10.7. The summed E-state index contributed by atoms with van der Waals surface area (Å²) in [5.74, 6) is -0.629. The number of benzene rings is 2. The molecule has 30 heavy (non-hydrogen) atoms. The van der Waals surface area contributed by atoms with Gasteiger partial charge in [0.15, 0.2) is 0 Å². The topological polar surface area (TPSA) is 79.0 Å². The molecule has 1 N–H and O–H groups in total. The fraction of sp³-hybridized carbons (Fsp3) is 0.409. The summed E-state index contributed by atoms with van der Waals surface area (Å²) >= 11 is 3.40. The molecular formula is C22H26BrN3O4. The van der Waals surface area contributed by atoms with Crippen LogP contribution in [0.1, 0.15) is 26.7 Å². The summed E-state index contributed by atoms with van der Waals surface area (Å²) in [6, 6.07) is 12.3. The Bertz CT molecular complexity index is 949. The molecule has 2 aromatic rings. The molecule has 0 radical (unpaired) electrons. The van der Waals surface area contributed by atoms with E-state index in [1.165, 1.54) is 11.0 Å². The Morgan fingerprint density at radius 1 is 1.17 bits per heavy atom. The van der Waals surface area contributed by atoms with E-state index in [4.69, 9.17) is 0 Å². The molecule has 1 aliphatic rings. The standard InChI is InChI=1S/C22H26BrN3O4/c1-14(2)19(24-22(29)30-3)21(28)25-12-6-9-18(25)20(27)26(23)17-11-10-15-7-4-5-8-16(15)13-17/h4-5,7-8,10-11,13-14,18-19H,6,9,12H2,1-3H3,(H,24,29). The SMILES string of the molecule is COC(=O)NC(C(=O)N1CCCC1C(=O)N(Br)c1ccc2ccccc2c1)C(C)C. The molecule has 8 heteroatoms. The predicted molar refractivity (Wildman–Crippen MR) is 119 cm³/mol. The van der Waals surface area contributed by atoms with Gasteiger partial charge in [-0.05, 0) is 41.7 Å². The first kappa shape index (κ1) is 22.1. The molecular weight excluding hydrogens is 450 g/mol.